The molecule has 0 saturated heterocycles. The van der Waals surface area contributed by atoms with Gasteiger partial charge < -0.3 is 45.0 Å². The summed E-state index contributed by atoms with van der Waals surface area (Å²) in [5, 5.41) is 50.0. The third-order valence-electron chi connectivity index (χ3n) is 0. The van der Waals surface area contributed by atoms with Gasteiger partial charge in [0.2, 0.25) is 0 Å². The zero-order valence-corrected chi connectivity index (χ0v) is 10.2. The summed E-state index contributed by atoms with van der Waals surface area (Å²) in [5.41, 5.74) is 0. The quantitative estimate of drug-likeness (QED) is 0.382. The topological polar surface area (TPSA) is 190 Å². The summed E-state index contributed by atoms with van der Waals surface area (Å²) in [4.78, 5) is 25.0. The van der Waals surface area contributed by atoms with Crippen LogP contribution < -0.4 is 30.6 Å². The van der Waals surface area contributed by atoms with Gasteiger partial charge in [-0.3, -0.25) is 0 Å². The smallest absolute Gasteiger partial charge is 0.652 e. The Kier molecular flexibility index (Phi) is 47.8. The molecule has 0 heterocycles. The maximum atomic E-state index is 8.33. The molecule has 3 radical (unpaired) electrons. The van der Waals surface area contributed by atoms with Gasteiger partial charge in [-0.15, -0.1) is 0 Å². The van der Waals surface area contributed by atoms with E-state index >= 15 is 0 Å². The maximum Gasteiger partial charge on any atom is 3.00 e. The van der Waals surface area contributed by atoms with E-state index in [-0.39, 0.29) is 51.6 Å². The second kappa shape index (κ2) is 22.9. The molecular weight excluding hydrogens is 351 g/mol. The fourth-order valence-electron chi connectivity index (χ4n) is 0. The Bertz CT molecular complexity index is 118. The minimum Gasteiger partial charge on any atom is -0.652 e. The van der Waals surface area contributed by atoms with Crippen molar-refractivity contribution in [1.82, 2.24) is 0 Å². The first kappa shape index (κ1) is 29.2. The first-order chi connectivity index (χ1) is 5.20. The van der Waals surface area contributed by atoms with Crippen LogP contribution in [0.1, 0.15) is 0 Å². The summed E-state index contributed by atoms with van der Waals surface area (Å²) in [6.07, 6.45) is -7.00. The van der Waals surface area contributed by atoms with E-state index in [1.165, 1.54) is 0 Å². The molecule has 0 aliphatic rings. The molecule has 0 aromatic heterocycles. The molecule has 0 spiro atoms. The molecule has 0 aliphatic heterocycles. The Labute approximate surface area is 114 Å². The van der Waals surface area contributed by atoms with Gasteiger partial charge in [-0.2, -0.15) is 0 Å². The van der Waals surface area contributed by atoms with Crippen molar-refractivity contribution in [2.75, 3.05) is 0 Å². The first-order valence-corrected chi connectivity index (χ1v) is 1.84. The predicted molar refractivity (Wildman–Crippen MR) is 23.1 cm³/mol. The van der Waals surface area contributed by atoms with Gasteiger partial charge in [0.1, 0.15) is 0 Å². The van der Waals surface area contributed by atoms with Crippen molar-refractivity contribution in [2.24, 2.45) is 0 Å². The van der Waals surface area contributed by atoms with Crippen molar-refractivity contribution in [3.63, 3.8) is 0 Å². The van der Waals surface area contributed by atoms with E-state index in [1.54, 1.807) is 0 Å². The second-order valence-electron chi connectivity index (χ2n) is 0.750. The van der Waals surface area contributed by atoms with Gasteiger partial charge in [0.25, 0.3) is 0 Å². The second-order valence-corrected chi connectivity index (χ2v) is 0.750. The Morgan fingerprint density at radius 2 is 0.571 bits per heavy atom. The summed E-state index contributed by atoms with van der Waals surface area (Å²) < 4.78 is 0. The number of carboxylic acid groups (broad SMARTS) is 6. The van der Waals surface area contributed by atoms with E-state index in [9.17, 15) is 0 Å². The van der Waals surface area contributed by atoms with Crippen LogP contribution in [0.15, 0.2) is 0 Å². The molecule has 0 aliphatic carbocycles. The number of hydrogen-bond donors (Lipinski definition) is 0. The minimum atomic E-state index is -2.33. The van der Waals surface area contributed by atoms with E-state index in [2.05, 4.69) is 0 Å². The zero-order chi connectivity index (χ0) is 10.7. The van der Waals surface area contributed by atoms with Crippen molar-refractivity contribution in [1.29, 1.82) is 0 Å². The monoisotopic (exact) mass is 351 g/mol. The summed E-state index contributed by atoms with van der Waals surface area (Å²) in [7, 11) is 0. The molecule has 0 unspecified atom stereocenters. The van der Waals surface area contributed by atoms with E-state index in [1.807, 2.05) is 0 Å². The Balaban J connectivity index is -0.0000000270. The average molecular weight is 351 g/mol. The van der Waals surface area contributed by atoms with E-state index < -0.39 is 18.5 Å². The van der Waals surface area contributed by atoms with Gasteiger partial charge in [0.05, 0.1) is 0 Å². The molecule has 11 heteroatoms. The zero-order valence-electron chi connectivity index (χ0n) is 6.12. The summed E-state index contributed by atoms with van der Waals surface area (Å²) in [6, 6.07) is 0. The molecule has 0 saturated carbocycles. The van der Waals surface area contributed by atoms with Crippen LogP contribution in [0, 0.1) is 41.7 Å². The molecular formula is C3CeO9P. The molecule has 0 rings (SSSR count). The molecule has 0 atom stereocenters. The molecule has 9 nitrogen and oxygen atoms in total. The van der Waals surface area contributed by atoms with Crippen molar-refractivity contribution in [3.8, 4) is 0 Å². The first-order valence-electron chi connectivity index (χ1n) is 1.84. The average Bonchev–Trinajstić information content (AvgIpc) is 1.54. The number of hydrogen-bond acceptors (Lipinski definition) is 9. The van der Waals surface area contributed by atoms with Crippen LogP contribution in [-0.4, -0.2) is 18.5 Å². The molecule has 75 valence electrons. The van der Waals surface area contributed by atoms with Crippen LogP contribution in [0.2, 0.25) is 0 Å². The maximum absolute atomic E-state index is 8.33. The fourth-order valence-corrected chi connectivity index (χ4v) is 0. The number of carbonyl (C=O) groups excluding carboxylic acids is 3. The third-order valence-corrected chi connectivity index (χ3v) is 0. The standard InChI is InChI=1S/3CH2O3.Ce.P/c3*2-1(3)4;;/h3*(H2,2,3,4);;/q;;;2*+3/p-6. The Morgan fingerprint density at radius 3 is 0.571 bits per heavy atom. The Hall–Kier alpha value is -0.383. The van der Waals surface area contributed by atoms with E-state index in [0.717, 1.165) is 0 Å². The molecule has 0 bridgehead atoms. The SMILES string of the molecule is O=C([O-])[O-].O=C([O-])[O-].O=C([O-])[O-].[Ce+3].[P+3]. The van der Waals surface area contributed by atoms with E-state index in [0.29, 0.717) is 0 Å². The molecule has 14 heavy (non-hydrogen) atoms. The van der Waals surface area contributed by atoms with Gasteiger partial charge in [-0.05, 0) is 18.5 Å². The minimum absolute atomic E-state index is 0. The van der Waals surface area contributed by atoms with Crippen LogP contribution in [0.5, 0.6) is 0 Å². The van der Waals surface area contributed by atoms with Crippen LogP contribution in [0.4, 0.5) is 14.4 Å². The van der Waals surface area contributed by atoms with Crippen molar-refractivity contribution >= 4 is 28.4 Å². The molecule has 0 N–H and O–H groups in total. The predicted octanol–water partition coefficient (Wildman–Crippen LogP) is -6.48. The van der Waals surface area contributed by atoms with Crippen LogP contribution in [0.3, 0.4) is 0 Å². The van der Waals surface area contributed by atoms with Crippen molar-refractivity contribution < 1.29 is 86.8 Å². The molecule has 0 fully saturated rings. The van der Waals surface area contributed by atoms with Crippen molar-refractivity contribution in [3.05, 3.63) is 0 Å². The van der Waals surface area contributed by atoms with Gasteiger partial charge in [-0.25, -0.2) is 0 Å². The normalized spacial score (nSPS) is 5.14. The van der Waals surface area contributed by atoms with Crippen LogP contribution >= 0.6 is 9.90 Å². The van der Waals surface area contributed by atoms with Crippen molar-refractivity contribution in [2.45, 2.75) is 0 Å². The fraction of sp³-hybridized carbons (Fsp3) is 0. The van der Waals surface area contributed by atoms with E-state index in [4.69, 9.17) is 45.0 Å². The van der Waals surface area contributed by atoms with Crippen LogP contribution in [-0.2, 0) is 0 Å². The summed E-state index contributed by atoms with van der Waals surface area (Å²) in [5.74, 6) is 0. The summed E-state index contributed by atoms with van der Waals surface area (Å²) >= 11 is 0. The Morgan fingerprint density at radius 1 is 0.571 bits per heavy atom. The molecule has 0 aromatic carbocycles. The van der Waals surface area contributed by atoms with Gasteiger partial charge in [0, 0.05) is 0 Å². The molecule has 0 aromatic rings. The number of rotatable bonds is 0. The van der Waals surface area contributed by atoms with Gasteiger partial charge >= 0.3 is 51.6 Å². The van der Waals surface area contributed by atoms with Gasteiger partial charge in [-0.1, -0.05) is 0 Å². The molecule has 0 amide bonds. The summed E-state index contributed by atoms with van der Waals surface area (Å²) in [6.45, 7) is 0. The van der Waals surface area contributed by atoms with Gasteiger partial charge in [0.15, 0.2) is 0 Å². The number of carbonyl (C=O) groups is 3. The largest absolute Gasteiger partial charge is 3.00 e. The van der Waals surface area contributed by atoms with Crippen LogP contribution in [0.25, 0.3) is 0 Å². The third kappa shape index (κ3) is 8910.